The van der Waals surface area contributed by atoms with Crippen LogP contribution in [0.5, 0.6) is 11.5 Å². The van der Waals surface area contributed by atoms with Gasteiger partial charge >= 0.3 is 6.18 Å². The summed E-state index contributed by atoms with van der Waals surface area (Å²) in [7, 11) is 3.24. The maximum atomic E-state index is 12.5. The fourth-order valence-electron chi connectivity index (χ4n) is 2.68. The van der Waals surface area contributed by atoms with Crippen LogP contribution in [0.15, 0.2) is 47.5 Å². The Hall–Kier alpha value is -2.21. The van der Waals surface area contributed by atoms with E-state index in [1.54, 1.807) is 33.2 Å². The van der Waals surface area contributed by atoms with Gasteiger partial charge in [0.1, 0.15) is 18.1 Å². The van der Waals surface area contributed by atoms with Gasteiger partial charge in [-0.15, -0.1) is 24.0 Å². The number of nitrogens with zero attached hydrogens (tertiary/aromatic N) is 1. The Balaban J connectivity index is 0.00000512. The Morgan fingerprint density at radius 3 is 2.44 bits per heavy atom. The van der Waals surface area contributed by atoms with E-state index in [2.05, 4.69) is 15.6 Å². The molecule has 2 aromatic carbocycles. The zero-order valence-corrected chi connectivity index (χ0v) is 20.6. The lowest BCUT2D eigenvalue weighted by Crippen LogP contribution is -2.36. The fraction of sp³-hybridized carbons (Fsp3) is 0.409. The van der Waals surface area contributed by atoms with Crippen LogP contribution in [0.3, 0.4) is 0 Å². The van der Waals surface area contributed by atoms with Crippen LogP contribution in [0.4, 0.5) is 13.2 Å². The van der Waals surface area contributed by atoms with Crippen molar-refractivity contribution >= 4 is 29.9 Å². The highest BCUT2D eigenvalue weighted by Gasteiger charge is 2.28. The van der Waals surface area contributed by atoms with Gasteiger partial charge in [-0.25, -0.2) is 0 Å². The van der Waals surface area contributed by atoms with Crippen molar-refractivity contribution in [3.8, 4) is 11.5 Å². The molecule has 0 aliphatic carbocycles. The number of hydrogen-bond donors (Lipinski definition) is 2. The Bertz CT molecular complexity index is 864. The molecule has 0 fully saturated rings. The normalized spacial score (nSPS) is 11.5. The molecular formula is C22H29F3IN3O3. The minimum Gasteiger partial charge on any atom is -0.491 e. The Kier molecular flexibility index (Phi) is 12.2. The molecule has 2 aromatic rings. The van der Waals surface area contributed by atoms with Crippen LogP contribution >= 0.6 is 24.0 Å². The van der Waals surface area contributed by atoms with Gasteiger partial charge in [-0.05, 0) is 36.2 Å². The zero-order valence-electron chi connectivity index (χ0n) is 18.3. The summed E-state index contributed by atoms with van der Waals surface area (Å²) in [5.41, 5.74) is 2.41. The number of rotatable bonds is 10. The van der Waals surface area contributed by atoms with Gasteiger partial charge in [0.05, 0.1) is 6.61 Å². The number of hydrogen-bond acceptors (Lipinski definition) is 4. The van der Waals surface area contributed by atoms with Crippen LogP contribution in [0.25, 0.3) is 0 Å². The second-order valence-corrected chi connectivity index (χ2v) is 6.78. The van der Waals surface area contributed by atoms with Gasteiger partial charge in [0, 0.05) is 32.8 Å². The molecule has 0 amide bonds. The van der Waals surface area contributed by atoms with Gasteiger partial charge in [-0.3, -0.25) is 4.99 Å². The molecule has 6 nitrogen and oxygen atoms in total. The zero-order chi connectivity index (χ0) is 22.7. The average Bonchev–Trinajstić information content (AvgIpc) is 2.73. The van der Waals surface area contributed by atoms with Crippen molar-refractivity contribution in [2.75, 3.05) is 34.0 Å². The van der Waals surface area contributed by atoms with E-state index >= 15 is 0 Å². The number of halogens is 4. The summed E-state index contributed by atoms with van der Waals surface area (Å²) in [6, 6.07) is 12.8. The molecule has 0 atom stereocenters. The summed E-state index contributed by atoms with van der Waals surface area (Å²) >= 11 is 0. The van der Waals surface area contributed by atoms with E-state index in [9.17, 15) is 13.2 Å². The topological polar surface area (TPSA) is 64.1 Å². The molecule has 2 N–H and O–H groups in total. The first-order chi connectivity index (χ1) is 14.8. The van der Waals surface area contributed by atoms with Gasteiger partial charge in [-0.1, -0.05) is 24.3 Å². The highest BCUT2D eigenvalue weighted by molar-refractivity contribution is 14.0. The quantitative estimate of drug-likeness (QED) is 0.193. The number of aryl methyl sites for hydroxylation is 1. The first-order valence-electron chi connectivity index (χ1n) is 9.75. The van der Waals surface area contributed by atoms with Crippen molar-refractivity contribution in [3.63, 3.8) is 0 Å². The number of ether oxygens (including phenoxy) is 3. The standard InChI is InChI=1S/C22H28F3N3O3.HI/c1-16-7-8-18(20(11-16)31-15-22(23,24)25)14-28-21(26-2)27-13-17-5-4-6-19(12-17)30-10-9-29-3;/h4-8,11-12H,9-10,13-15H2,1-3H3,(H2,26,27,28);1H. The molecule has 0 spiro atoms. The van der Waals surface area contributed by atoms with Gasteiger partial charge in [-0.2, -0.15) is 13.2 Å². The molecule has 0 aliphatic rings. The molecule has 32 heavy (non-hydrogen) atoms. The molecule has 0 saturated heterocycles. The summed E-state index contributed by atoms with van der Waals surface area (Å²) in [6.45, 7) is 2.18. The second-order valence-electron chi connectivity index (χ2n) is 6.78. The number of aliphatic imine (C=N–C) groups is 1. The van der Waals surface area contributed by atoms with E-state index in [0.717, 1.165) is 16.9 Å². The predicted molar refractivity (Wildman–Crippen MR) is 129 cm³/mol. The molecule has 178 valence electrons. The lowest BCUT2D eigenvalue weighted by atomic mass is 10.1. The van der Waals surface area contributed by atoms with Crippen molar-refractivity contribution < 1.29 is 27.4 Å². The van der Waals surface area contributed by atoms with Crippen LogP contribution in [0.1, 0.15) is 16.7 Å². The molecule has 0 saturated carbocycles. The predicted octanol–water partition coefficient (Wildman–Crippen LogP) is 4.44. The van der Waals surface area contributed by atoms with E-state index in [0.29, 0.717) is 31.3 Å². The summed E-state index contributed by atoms with van der Waals surface area (Å²) in [5.74, 6) is 1.44. The third-order valence-electron chi connectivity index (χ3n) is 4.20. The summed E-state index contributed by atoms with van der Waals surface area (Å²) < 4.78 is 53.2. The summed E-state index contributed by atoms with van der Waals surface area (Å²) in [5, 5.41) is 6.27. The Labute approximate surface area is 203 Å². The van der Waals surface area contributed by atoms with Crippen LogP contribution in [0, 0.1) is 6.92 Å². The Morgan fingerprint density at radius 1 is 1.00 bits per heavy atom. The number of guanidine groups is 1. The fourth-order valence-corrected chi connectivity index (χ4v) is 2.68. The number of benzene rings is 2. The van der Waals surface area contributed by atoms with Crippen LogP contribution in [-0.2, 0) is 17.8 Å². The molecular weight excluding hydrogens is 538 g/mol. The maximum Gasteiger partial charge on any atom is 0.422 e. The highest BCUT2D eigenvalue weighted by Crippen LogP contribution is 2.23. The Morgan fingerprint density at radius 2 is 1.75 bits per heavy atom. The minimum atomic E-state index is -4.39. The van der Waals surface area contributed by atoms with Crippen LogP contribution < -0.4 is 20.1 Å². The number of alkyl halides is 3. The van der Waals surface area contributed by atoms with Gasteiger partial charge in [0.2, 0.25) is 0 Å². The van der Waals surface area contributed by atoms with Gasteiger partial charge in [0.15, 0.2) is 12.6 Å². The monoisotopic (exact) mass is 567 g/mol. The van der Waals surface area contributed by atoms with E-state index in [4.69, 9.17) is 14.2 Å². The molecule has 2 rings (SSSR count). The van der Waals surface area contributed by atoms with Gasteiger partial charge in [0.25, 0.3) is 0 Å². The summed E-state index contributed by atoms with van der Waals surface area (Å²) in [4.78, 5) is 4.16. The van der Waals surface area contributed by atoms with Gasteiger partial charge < -0.3 is 24.8 Å². The molecule has 0 aromatic heterocycles. The minimum absolute atomic E-state index is 0. The third-order valence-corrected chi connectivity index (χ3v) is 4.20. The SMILES string of the molecule is CN=C(NCc1cccc(OCCOC)c1)NCc1ccc(C)cc1OCC(F)(F)F.I. The van der Waals surface area contributed by atoms with Crippen molar-refractivity contribution in [1.29, 1.82) is 0 Å². The van der Waals surface area contributed by atoms with Crippen molar-refractivity contribution in [1.82, 2.24) is 10.6 Å². The average molecular weight is 567 g/mol. The molecule has 0 aliphatic heterocycles. The maximum absolute atomic E-state index is 12.5. The molecule has 0 heterocycles. The van der Waals surface area contributed by atoms with Crippen molar-refractivity contribution in [3.05, 3.63) is 59.2 Å². The van der Waals surface area contributed by atoms with E-state index in [1.807, 2.05) is 30.3 Å². The second kappa shape index (κ2) is 14.0. The lowest BCUT2D eigenvalue weighted by Gasteiger charge is -2.16. The number of methoxy groups -OCH3 is 1. The van der Waals surface area contributed by atoms with E-state index in [1.165, 1.54) is 0 Å². The lowest BCUT2D eigenvalue weighted by molar-refractivity contribution is -0.153. The van der Waals surface area contributed by atoms with Crippen LogP contribution in [0.2, 0.25) is 0 Å². The molecule has 0 radical (unpaired) electrons. The third kappa shape index (κ3) is 10.4. The van der Waals surface area contributed by atoms with Crippen molar-refractivity contribution in [2.45, 2.75) is 26.2 Å². The molecule has 0 bridgehead atoms. The molecule has 10 heteroatoms. The molecule has 0 unspecified atom stereocenters. The highest BCUT2D eigenvalue weighted by atomic mass is 127. The smallest absolute Gasteiger partial charge is 0.422 e. The van der Waals surface area contributed by atoms with Crippen LogP contribution in [-0.4, -0.2) is 46.1 Å². The van der Waals surface area contributed by atoms with E-state index in [-0.39, 0.29) is 36.3 Å². The van der Waals surface area contributed by atoms with Crippen molar-refractivity contribution in [2.24, 2.45) is 4.99 Å². The van der Waals surface area contributed by atoms with E-state index < -0.39 is 12.8 Å². The summed E-state index contributed by atoms with van der Waals surface area (Å²) in [6.07, 6.45) is -4.39. The number of nitrogens with one attached hydrogen (secondary N) is 2. The largest absolute Gasteiger partial charge is 0.491 e. The first-order valence-corrected chi connectivity index (χ1v) is 9.75. The first kappa shape index (κ1) is 27.8.